The molecular weight excluding hydrogens is 476 g/mol. The Labute approximate surface area is 214 Å². The molecule has 4 rings (SSSR count). The average Bonchev–Trinajstić information content (AvgIpc) is 3.34. The molecule has 1 aromatic heterocycles. The lowest BCUT2D eigenvalue weighted by molar-refractivity contribution is 0.0415. The van der Waals surface area contributed by atoms with E-state index in [1.165, 1.54) is 28.3 Å². The Hall–Kier alpha value is -4.28. The summed E-state index contributed by atoms with van der Waals surface area (Å²) >= 11 is 0. The SMILES string of the molecule is COc1ccc(-c2nc3c(C(=O)NC(C(C)O)C(O)c4ccc(N)cc4)cccc3[nH]2)c(OC)c1OC. The van der Waals surface area contributed by atoms with Crippen LogP contribution in [0.3, 0.4) is 0 Å². The van der Waals surface area contributed by atoms with Gasteiger partial charge < -0.3 is 40.5 Å². The number of imidazole rings is 1. The Morgan fingerprint density at radius 3 is 2.30 bits per heavy atom. The Kier molecular flexibility index (Phi) is 7.51. The summed E-state index contributed by atoms with van der Waals surface area (Å²) in [4.78, 5) is 21.2. The topological polar surface area (TPSA) is 152 Å². The number of hydrogen-bond acceptors (Lipinski definition) is 8. The lowest BCUT2D eigenvalue weighted by Gasteiger charge is -2.27. The number of aromatic amines is 1. The molecule has 194 valence electrons. The molecule has 10 nitrogen and oxygen atoms in total. The highest BCUT2D eigenvalue weighted by Gasteiger charge is 2.29. The van der Waals surface area contributed by atoms with E-state index in [2.05, 4.69) is 15.3 Å². The van der Waals surface area contributed by atoms with Crippen molar-refractivity contribution in [2.24, 2.45) is 0 Å². The second kappa shape index (κ2) is 10.8. The van der Waals surface area contributed by atoms with Crippen LogP contribution < -0.4 is 25.3 Å². The molecule has 0 aliphatic rings. The number of methoxy groups -OCH3 is 3. The molecule has 0 saturated carbocycles. The molecule has 3 atom stereocenters. The molecule has 10 heteroatoms. The standard InChI is InChI=1S/C27H30N4O6/c1-14(32)21(23(33)15-8-10-16(28)11-9-15)31-27(34)17-6-5-7-19-22(17)30-26(29-19)18-12-13-20(35-2)25(37-4)24(18)36-3/h5-14,21,23,32-33H,28H2,1-4H3,(H,29,30)(H,31,34). The van der Waals surface area contributed by atoms with Crippen molar-refractivity contribution in [1.29, 1.82) is 0 Å². The van der Waals surface area contributed by atoms with Crippen LogP contribution in [0.5, 0.6) is 17.2 Å². The lowest BCUT2D eigenvalue weighted by Crippen LogP contribution is -2.46. The molecule has 6 N–H and O–H groups in total. The highest BCUT2D eigenvalue weighted by atomic mass is 16.5. The van der Waals surface area contributed by atoms with Gasteiger partial charge in [0, 0.05) is 5.69 Å². The third kappa shape index (κ3) is 5.02. The molecule has 3 aromatic carbocycles. The minimum absolute atomic E-state index is 0.273. The van der Waals surface area contributed by atoms with Crippen molar-refractivity contribution in [3.63, 3.8) is 0 Å². The number of nitrogen functional groups attached to an aromatic ring is 1. The van der Waals surface area contributed by atoms with Gasteiger partial charge in [-0.1, -0.05) is 18.2 Å². The van der Waals surface area contributed by atoms with E-state index in [-0.39, 0.29) is 5.56 Å². The van der Waals surface area contributed by atoms with Crippen molar-refractivity contribution in [2.45, 2.75) is 25.2 Å². The van der Waals surface area contributed by atoms with Gasteiger partial charge in [-0.3, -0.25) is 4.79 Å². The number of amides is 1. The summed E-state index contributed by atoms with van der Waals surface area (Å²) in [6, 6.07) is 14.3. The number of aromatic nitrogens is 2. The minimum atomic E-state index is -1.16. The first-order valence-corrected chi connectivity index (χ1v) is 11.6. The first-order chi connectivity index (χ1) is 17.8. The van der Waals surface area contributed by atoms with Crippen molar-refractivity contribution in [2.75, 3.05) is 27.1 Å². The number of H-pyrrole nitrogens is 1. The van der Waals surface area contributed by atoms with E-state index in [0.717, 1.165) is 0 Å². The second-order valence-electron chi connectivity index (χ2n) is 8.52. The van der Waals surface area contributed by atoms with Crippen LogP contribution in [-0.2, 0) is 0 Å². The normalized spacial score (nSPS) is 13.6. The van der Waals surface area contributed by atoms with E-state index in [4.69, 9.17) is 19.9 Å². The first kappa shape index (κ1) is 25.8. The van der Waals surface area contributed by atoms with Gasteiger partial charge in [-0.2, -0.15) is 0 Å². The number of anilines is 1. The van der Waals surface area contributed by atoms with Crippen molar-refractivity contribution in [3.05, 3.63) is 65.7 Å². The van der Waals surface area contributed by atoms with Crippen LogP contribution in [0.1, 0.15) is 28.9 Å². The fraction of sp³-hybridized carbons (Fsp3) is 0.259. The number of benzene rings is 3. The van der Waals surface area contributed by atoms with Gasteiger partial charge >= 0.3 is 0 Å². The van der Waals surface area contributed by atoms with Crippen LogP contribution in [0, 0.1) is 0 Å². The molecule has 0 fully saturated rings. The summed E-state index contributed by atoms with van der Waals surface area (Å²) in [6.07, 6.45) is -2.20. The molecule has 1 amide bonds. The van der Waals surface area contributed by atoms with Crippen molar-refractivity contribution < 1.29 is 29.2 Å². The number of carbonyl (C=O) groups is 1. The van der Waals surface area contributed by atoms with Gasteiger partial charge in [0.05, 0.1) is 50.1 Å². The molecule has 4 aromatic rings. The zero-order valence-corrected chi connectivity index (χ0v) is 21.0. The Morgan fingerprint density at radius 1 is 0.973 bits per heavy atom. The molecule has 37 heavy (non-hydrogen) atoms. The lowest BCUT2D eigenvalue weighted by atomic mass is 9.97. The highest BCUT2D eigenvalue weighted by Crippen LogP contribution is 2.43. The second-order valence-corrected chi connectivity index (χ2v) is 8.52. The average molecular weight is 507 g/mol. The molecule has 0 aliphatic heterocycles. The fourth-order valence-corrected chi connectivity index (χ4v) is 4.22. The van der Waals surface area contributed by atoms with Crippen LogP contribution >= 0.6 is 0 Å². The predicted octanol–water partition coefficient (Wildman–Crippen LogP) is 3.05. The largest absolute Gasteiger partial charge is 0.493 e. The van der Waals surface area contributed by atoms with Crippen molar-refractivity contribution in [1.82, 2.24) is 15.3 Å². The molecule has 1 heterocycles. The van der Waals surface area contributed by atoms with Gasteiger partial charge in [-0.15, -0.1) is 0 Å². The van der Waals surface area contributed by atoms with Gasteiger partial charge in [0.25, 0.3) is 5.91 Å². The summed E-state index contributed by atoms with van der Waals surface area (Å²) in [5.41, 5.74) is 8.71. The van der Waals surface area contributed by atoms with Crippen LogP contribution in [-0.4, -0.2) is 59.6 Å². The molecule has 0 aliphatic carbocycles. The number of fused-ring (bicyclic) bond motifs is 1. The smallest absolute Gasteiger partial charge is 0.253 e. The summed E-state index contributed by atoms with van der Waals surface area (Å²) in [7, 11) is 4.57. The molecule has 0 radical (unpaired) electrons. The summed E-state index contributed by atoms with van der Waals surface area (Å²) in [6.45, 7) is 1.50. The van der Waals surface area contributed by atoms with E-state index in [9.17, 15) is 15.0 Å². The molecular formula is C27H30N4O6. The number of rotatable bonds is 9. The minimum Gasteiger partial charge on any atom is -0.493 e. The van der Waals surface area contributed by atoms with Gasteiger partial charge in [0.15, 0.2) is 11.5 Å². The zero-order valence-electron chi connectivity index (χ0n) is 21.0. The Balaban J connectivity index is 1.70. The number of aliphatic hydroxyl groups is 2. The molecule has 0 saturated heterocycles. The number of nitrogens with zero attached hydrogens (tertiary/aromatic N) is 1. The first-order valence-electron chi connectivity index (χ1n) is 11.6. The Morgan fingerprint density at radius 2 is 1.68 bits per heavy atom. The van der Waals surface area contributed by atoms with E-state index in [0.29, 0.717) is 50.9 Å². The zero-order chi connectivity index (χ0) is 26.7. The number of para-hydroxylation sites is 1. The molecule has 0 bridgehead atoms. The van der Waals surface area contributed by atoms with E-state index in [1.54, 1.807) is 54.6 Å². The van der Waals surface area contributed by atoms with Crippen molar-refractivity contribution >= 4 is 22.6 Å². The number of nitrogens with one attached hydrogen (secondary N) is 2. The highest BCUT2D eigenvalue weighted by molar-refractivity contribution is 6.05. The molecule has 0 spiro atoms. The third-order valence-electron chi connectivity index (χ3n) is 6.15. The number of carbonyl (C=O) groups excluding carboxylic acids is 1. The maximum Gasteiger partial charge on any atom is 0.253 e. The monoisotopic (exact) mass is 506 g/mol. The number of nitrogens with two attached hydrogens (primary N) is 1. The Bertz CT molecular complexity index is 1400. The van der Waals surface area contributed by atoms with E-state index in [1.807, 2.05) is 0 Å². The summed E-state index contributed by atoms with van der Waals surface area (Å²) in [5.74, 6) is 1.30. The maximum atomic E-state index is 13.3. The van der Waals surface area contributed by atoms with Crippen LogP contribution in [0.4, 0.5) is 5.69 Å². The summed E-state index contributed by atoms with van der Waals surface area (Å²) < 4.78 is 16.4. The number of ether oxygens (including phenoxy) is 3. The fourth-order valence-electron chi connectivity index (χ4n) is 4.22. The van der Waals surface area contributed by atoms with Crippen LogP contribution in [0.2, 0.25) is 0 Å². The van der Waals surface area contributed by atoms with E-state index >= 15 is 0 Å². The van der Waals surface area contributed by atoms with Gasteiger partial charge in [0.2, 0.25) is 5.75 Å². The number of aliphatic hydroxyl groups excluding tert-OH is 2. The van der Waals surface area contributed by atoms with Gasteiger partial charge in [0.1, 0.15) is 17.4 Å². The van der Waals surface area contributed by atoms with Crippen LogP contribution in [0.25, 0.3) is 22.4 Å². The molecule has 3 unspecified atom stereocenters. The number of hydrogen-bond donors (Lipinski definition) is 5. The van der Waals surface area contributed by atoms with E-state index < -0.39 is 24.2 Å². The predicted molar refractivity (Wildman–Crippen MR) is 140 cm³/mol. The van der Waals surface area contributed by atoms with Gasteiger partial charge in [-0.05, 0) is 48.9 Å². The van der Waals surface area contributed by atoms with Crippen LogP contribution in [0.15, 0.2) is 54.6 Å². The van der Waals surface area contributed by atoms with Gasteiger partial charge in [-0.25, -0.2) is 4.98 Å². The van der Waals surface area contributed by atoms with Crippen molar-refractivity contribution in [3.8, 4) is 28.6 Å². The summed E-state index contributed by atoms with van der Waals surface area (Å²) in [5, 5.41) is 24.0. The third-order valence-corrected chi connectivity index (χ3v) is 6.15. The quantitative estimate of drug-likeness (QED) is 0.217. The maximum absolute atomic E-state index is 13.3.